The van der Waals surface area contributed by atoms with Crippen LogP contribution in [-0.2, 0) is 12.0 Å². The molecule has 1 aromatic carbocycles. The van der Waals surface area contributed by atoms with Crippen molar-refractivity contribution in [3.05, 3.63) is 53.3 Å². The summed E-state index contributed by atoms with van der Waals surface area (Å²) in [4.78, 5) is 0. The highest BCUT2D eigenvalue weighted by molar-refractivity contribution is 5.38. The van der Waals surface area contributed by atoms with Gasteiger partial charge in [0.15, 0.2) is 0 Å². The van der Waals surface area contributed by atoms with E-state index in [4.69, 9.17) is 0 Å². The minimum absolute atomic E-state index is 0.0109. The topological polar surface area (TPSA) is 38.0 Å². The van der Waals surface area contributed by atoms with E-state index in [0.29, 0.717) is 0 Å². The van der Waals surface area contributed by atoms with Crippen molar-refractivity contribution in [1.29, 1.82) is 0 Å². The van der Waals surface area contributed by atoms with Crippen molar-refractivity contribution in [1.82, 2.24) is 9.78 Å². The highest BCUT2D eigenvalue weighted by Crippen LogP contribution is 2.32. The van der Waals surface area contributed by atoms with Crippen LogP contribution in [0.4, 0.5) is 0 Å². The zero-order chi connectivity index (χ0) is 14.8. The highest BCUT2D eigenvalue weighted by Gasteiger charge is 2.22. The van der Waals surface area contributed by atoms with Gasteiger partial charge in [-0.1, -0.05) is 52.0 Å². The lowest BCUT2D eigenvalue weighted by Gasteiger charge is -2.25. The predicted octanol–water partition coefficient (Wildman–Crippen LogP) is 3.67. The zero-order valence-electron chi connectivity index (χ0n) is 12.8. The Bertz CT molecular complexity index is 566. The molecule has 0 aliphatic heterocycles. The van der Waals surface area contributed by atoms with Crippen molar-refractivity contribution in [3.8, 4) is 0 Å². The molecule has 0 radical (unpaired) electrons. The molecule has 2 rings (SSSR count). The minimum Gasteiger partial charge on any atom is -0.384 e. The summed E-state index contributed by atoms with van der Waals surface area (Å²) in [6.45, 7) is 9.50. The second-order valence-electron chi connectivity index (χ2n) is 6.28. The van der Waals surface area contributed by atoms with Crippen LogP contribution in [0.2, 0.25) is 0 Å². The van der Waals surface area contributed by atoms with Gasteiger partial charge in [-0.25, -0.2) is 0 Å². The molecule has 108 valence electrons. The van der Waals surface area contributed by atoms with Gasteiger partial charge in [-0.3, -0.25) is 4.68 Å². The molecule has 2 aromatic rings. The van der Waals surface area contributed by atoms with Gasteiger partial charge in [0.2, 0.25) is 0 Å². The minimum atomic E-state index is -0.615. The van der Waals surface area contributed by atoms with Crippen molar-refractivity contribution < 1.29 is 5.11 Å². The van der Waals surface area contributed by atoms with Crippen LogP contribution >= 0.6 is 0 Å². The van der Waals surface area contributed by atoms with E-state index in [-0.39, 0.29) is 5.41 Å². The summed E-state index contributed by atoms with van der Waals surface area (Å²) >= 11 is 0. The van der Waals surface area contributed by atoms with E-state index < -0.39 is 6.10 Å². The van der Waals surface area contributed by atoms with E-state index in [0.717, 1.165) is 24.1 Å². The Balaban J connectivity index is 2.35. The van der Waals surface area contributed by atoms with E-state index in [2.05, 4.69) is 38.9 Å². The number of hydrogen-bond acceptors (Lipinski definition) is 2. The Morgan fingerprint density at radius 1 is 1.25 bits per heavy atom. The van der Waals surface area contributed by atoms with Gasteiger partial charge in [0.05, 0.1) is 6.20 Å². The van der Waals surface area contributed by atoms with E-state index in [9.17, 15) is 5.11 Å². The van der Waals surface area contributed by atoms with Crippen LogP contribution in [0.25, 0.3) is 0 Å². The molecule has 20 heavy (non-hydrogen) atoms. The third-order valence-electron chi connectivity index (χ3n) is 3.49. The molecule has 0 saturated carbocycles. The number of aliphatic hydroxyl groups is 1. The lowest BCUT2D eigenvalue weighted by atomic mass is 9.81. The molecule has 1 aromatic heterocycles. The Morgan fingerprint density at radius 2 is 1.95 bits per heavy atom. The predicted molar refractivity (Wildman–Crippen MR) is 81.7 cm³/mol. The summed E-state index contributed by atoms with van der Waals surface area (Å²) in [7, 11) is 0. The smallest absolute Gasteiger partial charge is 0.107 e. The Labute approximate surface area is 121 Å². The molecule has 0 amide bonds. The zero-order valence-corrected chi connectivity index (χ0v) is 12.8. The summed E-state index contributed by atoms with van der Waals surface area (Å²) < 4.78 is 1.89. The number of rotatable bonds is 4. The van der Waals surface area contributed by atoms with Crippen molar-refractivity contribution in [2.45, 2.75) is 52.2 Å². The normalized spacial score (nSPS) is 13.4. The van der Waals surface area contributed by atoms with E-state index in [1.54, 1.807) is 6.20 Å². The molecule has 3 heteroatoms. The third-order valence-corrected chi connectivity index (χ3v) is 3.49. The summed E-state index contributed by atoms with van der Waals surface area (Å²) in [5, 5.41) is 15.0. The third kappa shape index (κ3) is 3.10. The molecule has 1 heterocycles. The molecule has 1 unspecified atom stereocenters. The Hall–Kier alpha value is -1.61. The largest absolute Gasteiger partial charge is 0.384 e. The van der Waals surface area contributed by atoms with Gasteiger partial charge < -0.3 is 5.11 Å². The average molecular weight is 272 g/mol. The Morgan fingerprint density at radius 3 is 2.60 bits per heavy atom. The van der Waals surface area contributed by atoms with Crippen molar-refractivity contribution in [3.63, 3.8) is 0 Å². The fourth-order valence-electron chi connectivity index (χ4n) is 2.47. The van der Waals surface area contributed by atoms with Gasteiger partial charge in [-0.2, -0.15) is 5.10 Å². The SMILES string of the molecule is CCCn1cc(C(O)c2ccccc2C(C)(C)C)cn1. The molecule has 0 fully saturated rings. The van der Waals surface area contributed by atoms with Crippen molar-refractivity contribution in [2.24, 2.45) is 0 Å². The number of benzene rings is 1. The molecule has 0 aliphatic carbocycles. The van der Waals surface area contributed by atoms with E-state index in [1.165, 1.54) is 5.56 Å². The fraction of sp³-hybridized carbons (Fsp3) is 0.471. The average Bonchev–Trinajstić information content (AvgIpc) is 2.86. The molecule has 1 atom stereocenters. The van der Waals surface area contributed by atoms with E-state index in [1.807, 2.05) is 29.1 Å². The summed E-state index contributed by atoms with van der Waals surface area (Å²) in [5.41, 5.74) is 3.01. The second kappa shape index (κ2) is 5.80. The number of nitrogens with zero attached hydrogens (tertiary/aromatic N) is 2. The maximum atomic E-state index is 10.7. The molecule has 0 saturated heterocycles. The standard InChI is InChI=1S/C17H24N2O/c1-5-10-19-12-13(11-18-19)16(20)14-8-6-7-9-15(14)17(2,3)4/h6-9,11-12,16,20H,5,10H2,1-4H3. The summed E-state index contributed by atoms with van der Waals surface area (Å²) in [6.07, 6.45) is 4.12. The number of aliphatic hydroxyl groups excluding tert-OH is 1. The summed E-state index contributed by atoms with van der Waals surface area (Å²) in [6, 6.07) is 8.10. The number of aromatic nitrogens is 2. The van der Waals surface area contributed by atoms with Crippen molar-refractivity contribution >= 4 is 0 Å². The van der Waals surface area contributed by atoms with Crippen molar-refractivity contribution in [2.75, 3.05) is 0 Å². The van der Waals surface area contributed by atoms with Gasteiger partial charge in [0.1, 0.15) is 6.10 Å². The maximum Gasteiger partial charge on any atom is 0.107 e. The van der Waals surface area contributed by atoms with Crippen LogP contribution in [0.1, 0.15) is 56.9 Å². The molecule has 3 nitrogen and oxygen atoms in total. The van der Waals surface area contributed by atoms with Crippen LogP contribution in [0.3, 0.4) is 0 Å². The first-order valence-electron chi connectivity index (χ1n) is 7.23. The first-order chi connectivity index (χ1) is 9.43. The van der Waals surface area contributed by atoms with Gasteiger partial charge in [0, 0.05) is 18.3 Å². The van der Waals surface area contributed by atoms with Crippen LogP contribution < -0.4 is 0 Å². The Kier molecular flexibility index (Phi) is 4.29. The van der Waals surface area contributed by atoms with Crippen LogP contribution in [0, 0.1) is 0 Å². The van der Waals surface area contributed by atoms with Crippen LogP contribution in [0.5, 0.6) is 0 Å². The lowest BCUT2D eigenvalue weighted by Crippen LogP contribution is -2.16. The maximum absolute atomic E-state index is 10.7. The molecule has 0 bridgehead atoms. The monoisotopic (exact) mass is 272 g/mol. The molecule has 0 spiro atoms. The first kappa shape index (κ1) is 14.8. The first-order valence-corrected chi connectivity index (χ1v) is 7.23. The highest BCUT2D eigenvalue weighted by atomic mass is 16.3. The van der Waals surface area contributed by atoms with Gasteiger partial charge in [0.25, 0.3) is 0 Å². The number of aryl methyl sites for hydroxylation is 1. The fourth-order valence-corrected chi connectivity index (χ4v) is 2.47. The van der Waals surface area contributed by atoms with Gasteiger partial charge in [-0.05, 0) is 23.0 Å². The van der Waals surface area contributed by atoms with Gasteiger partial charge >= 0.3 is 0 Å². The quantitative estimate of drug-likeness (QED) is 0.922. The van der Waals surface area contributed by atoms with Crippen LogP contribution in [-0.4, -0.2) is 14.9 Å². The lowest BCUT2D eigenvalue weighted by molar-refractivity contribution is 0.217. The molecular formula is C17H24N2O. The van der Waals surface area contributed by atoms with Gasteiger partial charge in [-0.15, -0.1) is 0 Å². The number of hydrogen-bond donors (Lipinski definition) is 1. The summed E-state index contributed by atoms with van der Waals surface area (Å²) in [5.74, 6) is 0. The molecular weight excluding hydrogens is 248 g/mol. The molecule has 0 aliphatic rings. The molecule has 1 N–H and O–H groups in total. The second-order valence-corrected chi connectivity index (χ2v) is 6.28. The van der Waals surface area contributed by atoms with Crippen LogP contribution in [0.15, 0.2) is 36.7 Å². The van der Waals surface area contributed by atoms with E-state index >= 15 is 0 Å².